The summed E-state index contributed by atoms with van der Waals surface area (Å²) in [7, 11) is 1.62. The lowest BCUT2D eigenvalue weighted by molar-refractivity contribution is 0.128. The van der Waals surface area contributed by atoms with Crippen molar-refractivity contribution < 1.29 is 9.47 Å². The maximum absolute atomic E-state index is 9.09. The van der Waals surface area contributed by atoms with Crippen LogP contribution in [0, 0.1) is 17.2 Å². The maximum Gasteiger partial charge on any atom is 0.141 e. The second-order valence-corrected chi connectivity index (χ2v) is 4.99. The zero-order valence-corrected chi connectivity index (χ0v) is 11.0. The van der Waals surface area contributed by atoms with Gasteiger partial charge in [0.15, 0.2) is 0 Å². The summed E-state index contributed by atoms with van der Waals surface area (Å²) in [6.45, 7) is 2.26. The van der Waals surface area contributed by atoms with Gasteiger partial charge in [0.2, 0.25) is 0 Å². The van der Waals surface area contributed by atoms with Crippen LogP contribution in [-0.2, 0) is 0 Å². The summed E-state index contributed by atoms with van der Waals surface area (Å²) in [4.78, 5) is 0. The molecule has 0 bridgehead atoms. The van der Waals surface area contributed by atoms with Crippen molar-refractivity contribution in [2.45, 2.75) is 38.7 Å². The molecule has 0 spiro atoms. The van der Waals surface area contributed by atoms with Gasteiger partial charge in [-0.25, -0.2) is 0 Å². The fraction of sp³-hybridized carbons (Fsp3) is 0.533. The molecular weight excluding hydrogens is 226 g/mol. The zero-order chi connectivity index (χ0) is 13.0. The Morgan fingerprint density at radius 2 is 2.17 bits per heavy atom. The molecule has 0 N–H and O–H groups in total. The highest BCUT2D eigenvalue weighted by atomic mass is 16.5. The van der Waals surface area contributed by atoms with E-state index >= 15 is 0 Å². The molecule has 0 heterocycles. The first-order valence-electron chi connectivity index (χ1n) is 6.47. The van der Waals surface area contributed by atoms with E-state index in [-0.39, 0.29) is 6.10 Å². The number of hydrogen-bond donors (Lipinski definition) is 0. The smallest absolute Gasteiger partial charge is 0.141 e. The minimum absolute atomic E-state index is 0.230. The van der Waals surface area contributed by atoms with Gasteiger partial charge in [0.1, 0.15) is 17.6 Å². The highest BCUT2D eigenvalue weighted by Crippen LogP contribution is 2.30. The second-order valence-electron chi connectivity index (χ2n) is 4.99. The molecule has 1 aromatic rings. The summed E-state index contributed by atoms with van der Waals surface area (Å²) in [5.41, 5.74) is 0.578. The molecule has 1 aromatic carbocycles. The van der Waals surface area contributed by atoms with Crippen molar-refractivity contribution in [3.8, 4) is 17.6 Å². The third kappa shape index (κ3) is 2.95. The van der Waals surface area contributed by atoms with Crippen molar-refractivity contribution in [2.75, 3.05) is 7.11 Å². The normalized spacial score (nSPS) is 23.2. The van der Waals surface area contributed by atoms with Crippen molar-refractivity contribution in [1.82, 2.24) is 0 Å². The highest BCUT2D eigenvalue weighted by Gasteiger charge is 2.21. The molecule has 3 nitrogen and oxygen atoms in total. The van der Waals surface area contributed by atoms with Crippen LogP contribution in [0.4, 0.5) is 0 Å². The molecule has 2 unspecified atom stereocenters. The first kappa shape index (κ1) is 12.8. The Kier molecular flexibility index (Phi) is 4.09. The topological polar surface area (TPSA) is 42.2 Å². The fourth-order valence-electron chi connectivity index (χ4n) is 2.48. The quantitative estimate of drug-likeness (QED) is 0.818. The van der Waals surface area contributed by atoms with Gasteiger partial charge >= 0.3 is 0 Å². The van der Waals surface area contributed by atoms with E-state index in [1.54, 1.807) is 25.3 Å². The number of hydrogen-bond acceptors (Lipinski definition) is 3. The van der Waals surface area contributed by atoms with Crippen LogP contribution < -0.4 is 9.47 Å². The van der Waals surface area contributed by atoms with E-state index in [1.807, 2.05) is 0 Å². The highest BCUT2D eigenvalue weighted by molar-refractivity contribution is 5.47. The molecule has 0 amide bonds. The molecule has 96 valence electrons. The lowest BCUT2D eigenvalue weighted by Gasteiger charge is -2.27. The van der Waals surface area contributed by atoms with Gasteiger partial charge in [0.05, 0.1) is 18.8 Å². The summed E-state index contributed by atoms with van der Waals surface area (Å²) in [6, 6.07) is 7.51. The van der Waals surface area contributed by atoms with Gasteiger partial charge in [-0.05, 0) is 37.3 Å². The van der Waals surface area contributed by atoms with E-state index in [0.29, 0.717) is 17.2 Å². The average molecular weight is 245 g/mol. The van der Waals surface area contributed by atoms with Crippen LogP contribution in [0.5, 0.6) is 11.5 Å². The Morgan fingerprint density at radius 1 is 1.33 bits per heavy atom. The van der Waals surface area contributed by atoms with E-state index in [9.17, 15) is 0 Å². The Hall–Kier alpha value is -1.69. The number of methoxy groups -OCH3 is 1. The molecule has 0 aromatic heterocycles. The van der Waals surface area contributed by atoms with Gasteiger partial charge in [-0.3, -0.25) is 0 Å². The first-order valence-corrected chi connectivity index (χ1v) is 6.47. The third-order valence-corrected chi connectivity index (χ3v) is 3.49. The van der Waals surface area contributed by atoms with Gasteiger partial charge in [0, 0.05) is 6.07 Å². The lowest BCUT2D eigenvalue weighted by Crippen LogP contribution is -2.24. The van der Waals surface area contributed by atoms with Crippen LogP contribution in [0.2, 0.25) is 0 Å². The molecule has 2 atom stereocenters. The molecule has 1 aliphatic rings. The van der Waals surface area contributed by atoms with Crippen LogP contribution in [0.15, 0.2) is 18.2 Å². The van der Waals surface area contributed by atoms with E-state index < -0.39 is 0 Å². The summed E-state index contributed by atoms with van der Waals surface area (Å²) in [6.07, 6.45) is 4.86. The number of nitrogens with zero attached hydrogens (tertiary/aromatic N) is 1. The summed E-state index contributed by atoms with van der Waals surface area (Å²) in [5, 5.41) is 9.09. The van der Waals surface area contributed by atoms with E-state index in [1.165, 1.54) is 12.8 Å². The molecule has 18 heavy (non-hydrogen) atoms. The van der Waals surface area contributed by atoms with E-state index in [4.69, 9.17) is 14.7 Å². The minimum Gasteiger partial charge on any atom is -0.497 e. The van der Waals surface area contributed by atoms with E-state index in [0.717, 1.165) is 18.6 Å². The Morgan fingerprint density at radius 3 is 2.83 bits per heavy atom. The standard InChI is InChI=1S/C15H19NO2/c1-11-4-3-5-14(8-11)18-15-9-13(17-2)7-6-12(15)10-16/h6-7,9,11,14H,3-5,8H2,1-2H3. The molecule has 1 aliphatic carbocycles. The average Bonchev–Trinajstić information content (AvgIpc) is 2.38. The summed E-state index contributed by atoms with van der Waals surface area (Å²) >= 11 is 0. The van der Waals surface area contributed by atoms with Crippen LogP contribution >= 0.6 is 0 Å². The monoisotopic (exact) mass is 245 g/mol. The van der Waals surface area contributed by atoms with Crippen molar-refractivity contribution >= 4 is 0 Å². The van der Waals surface area contributed by atoms with Crippen LogP contribution in [0.25, 0.3) is 0 Å². The molecule has 2 rings (SSSR count). The van der Waals surface area contributed by atoms with Gasteiger partial charge < -0.3 is 9.47 Å². The molecule has 0 radical (unpaired) electrons. The van der Waals surface area contributed by atoms with Crippen LogP contribution in [0.3, 0.4) is 0 Å². The summed E-state index contributed by atoms with van der Waals surface area (Å²) in [5.74, 6) is 2.09. The fourth-order valence-corrected chi connectivity index (χ4v) is 2.48. The number of benzene rings is 1. The van der Waals surface area contributed by atoms with Crippen LogP contribution in [-0.4, -0.2) is 13.2 Å². The lowest BCUT2D eigenvalue weighted by atomic mass is 9.88. The molecule has 0 saturated heterocycles. The minimum atomic E-state index is 0.230. The molecule has 3 heteroatoms. The van der Waals surface area contributed by atoms with Gasteiger partial charge in [-0.1, -0.05) is 13.3 Å². The Labute approximate surface area is 108 Å². The van der Waals surface area contributed by atoms with Crippen molar-refractivity contribution in [3.63, 3.8) is 0 Å². The Balaban J connectivity index is 2.14. The third-order valence-electron chi connectivity index (χ3n) is 3.49. The number of nitriles is 1. The van der Waals surface area contributed by atoms with Crippen molar-refractivity contribution in [2.24, 2.45) is 5.92 Å². The van der Waals surface area contributed by atoms with Gasteiger partial charge in [0.25, 0.3) is 0 Å². The number of rotatable bonds is 3. The Bertz CT molecular complexity index is 450. The largest absolute Gasteiger partial charge is 0.497 e. The molecule has 1 saturated carbocycles. The summed E-state index contributed by atoms with van der Waals surface area (Å²) < 4.78 is 11.2. The van der Waals surface area contributed by atoms with Crippen LogP contribution in [0.1, 0.15) is 38.2 Å². The maximum atomic E-state index is 9.09. The SMILES string of the molecule is COc1ccc(C#N)c(OC2CCCC(C)C2)c1. The van der Waals surface area contributed by atoms with Gasteiger partial charge in [-0.15, -0.1) is 0 Å². The molecular formula is C15H19NO2. The predicted octanol–water partition coefficient (Wildman–Crippen LogP) is 3.52. The van der Waals surface area contributed by atoms with Gasteiger partial charge in [-0.2, -0.15) is 5.26 Å². The molecule has 0 aliphatic heterocycles. The van der Waals surface area contributed by atoms with E-state index in [2.05, 4.69) is 13.0 Å². The van der Waals surface area contributed by atoms with Crippen molar-refractivity contribution in [3.05, 3.63) is 23.8 Å². The van der Waals surface area contributed by atoms with Crippen molar-refractivity contribution in [1.29, 1.82) is 5.26 Å². The molecule has 1 fully saturated rings. The first-order chi connectivity index (χ1) is 8.72. The predicted molar refractivity (Wildman–Crippen MR) is 69.8 cm³/mol. The zero-order valence-electron chi connectivity index (χ0n) is 11.0. The number of ether oxygens (including phenoxy) is 2. The second kappa shape index (κ2) is 5.77.